The quantitative estimate of drug-likeness (QED) is 0.874. The lowest BCUT2D eigenvalue weighted by atomic mass is 9.77. The zero-order valence-corrected chi connectivity index (χ0v) is 15.3. The van der Waals surface area contributed by atoms with Crippen molar-refractivity contribution in [2.45, 2.75) is 37.6 Å². The van der Waals surface area contributed by atoms with Gasteiger partial charge in [-0.1, -0.05) is 42.6 Å². The van der Waals surface area contributed by atoms with Gasteiger partial charge in [0, 0.05) is 11.6 Å². The molecule has 4 rings (SSSR count). The highest BCUT2D eigenvalue weighted by atomic mass is 35.5. The molecule has 1 saturated carbocycles. The fraction of sp³-hybridized carbons (Fsp3) is 0.381. The Hall–Kier alpha value is -2.20. The summed E-state index contributed by atoms with van der Waals surface area (Å²) in [4.78, 5) is 13.2. The molecular weight excluding hydrogens is 350 g/mol. The number of carbonyl (C=O) groups is 1. The molecular formula is C21H22ClNO3. The molecule has 136 valence electrons. The number of ether oxygens (including phenoxy) is 2. The minimum absolute atomic E-state index is 0.0848. The Labute approximate surface area is 158 Å². The summed E-state index contributed by atoms with van der Waals surface area (Å²) in [5.74, 6) is 1.59. The normalized spacial score (nSPS) is 17.7. The third-order valence-electron chi connectivity index (χ3n) is 5.35. The maximum Gasteiger partial charge on any atom is 0.230 e. The smallest absolute Gasteiger partial charge is 0.230 e. The molecule has 0 spiro atoms. The highest BCUT2D eigenvalue weighted by Gasteiger charge is 2.43. The van der Waals surface area contributed by atoms with Gasteiger partial charge >= 0.3 is 0 Å². The lowest BCUT2D eigenvalue weighted by molar-refractivity contribution is -0.126. The molecule has 1 fully saturated rings. The van der Waals surface area contributed by atoms with E-state index in [0.717, 1.165) is 48.3 Å². The fourth-order valence-electron chi connectivity index (χ4n) is 3.92. The zero-order valence-electron chi connectivity index (χ0n) is 14.6. The predicted molar refractivity (Wildman–Crippen MR) is 101 cm³/mol. The van der Waals surface area contributed by atoms with E-state index < -0.39 is 5.41 Å². The van der Waals surface area contributed by atoms with Crippen LogP contribution in [0.15, 0.2) is 42.5 Å². The monoisotopic (exact) mass is 371 g/mol. The fourth-order valence-corrected chi connectivity index (χ4v) is 4.05. The first-order valence-electron chi connectivity index (χ1n) is 9.10. The molecule has 0 bridgehead atoms. The maximum absolute atomic E-state index is 13.2. The van der Waals surface area contributed by atoms with Gasteiger partial charge in [0.2, 0.25) is 5.91 Å². The molecule has 1 amide bonds. The summed E-state index contributed by atoms with van der Waals surface area (Å²) in [6.07, 6.45) is 3.84. The van der Waals surface area contributed by atoms with Gasteiger partial charge in [0.1, 0.15) is 13.2 Å². The number of hydrogen-bond donors (Lipinski definition) is 1. The molecule has 1 N–H and O–H groups in total. The van der Waals surface area contributed by atoms with Crippen LogP contribution < -0.4 is 14.8 Å². The second-order valence-corrected chi connectivity index (χ2v) is 7.39. The van der Waals surface area contributed by atoms with E-state index in [0.29, 0.717) is 24.8 Å². The van der Waals surface area contributed by atoms with E-state index in [1.54, 1.807) is 0 Å². The van der Waals surface area contributed by atoms with Crippen molar-refractivity contribution in [3.63, 3.8) is 0 Å². The van der Waals surface area contributed by atoms with Gasteiger partial charge in [0.15, 0.2) is 11.5 Å². The zero-order chi connectivity index (χ0) is 18.0. The van der Waals surface area contributed by atoms with Gasteiger partial charge < -0.3 is 14.8 Å². The van der Waals surface area contributed by atoms with Crippen molar-refractivity contribution in [2.75, 3.05) is 13.2 Å². The van der Waals surface area contributed by atoms with Crippen molar-refractivity contribution in [1.82, 2.24) is 5.32 Å². The number of halogens is 1. The minimum Gasteiger partial charge on any atom is -0.486 e. The third-order valence-corrected chi connectivity index (χ3v) is 5.60. The molecule has 2 aliphatic rings. The van der Waals surface area contributed by atoms with Gasteiger partial charge in [0.05, 0.1) is 5.41 Å². The molecule has 0 radical (unpaired) electrons. The van der Waals surface area contributed by atoms with Crippen LogP contribution in [-0.4, -0.2) is 19.1 Å². The van der Waals surface area contributed by atoms with Crippen molar-refractivity contribution < 1.29 is 14.3 Å². The molecule has 0 saturated heterocycles. The van der Waals surface area contributed by atoms with Gasteiger partial charge in [-0.15, -0.1) is 0 Å². The summed E-state index contributed by atoms with van der Waals surface area (Å²) >= 11 is 5.93. The molecule has 1 aliphatic carbocycles. The average Bonchev–Trinajstić information content (AvgIpc) is 3.18. The molecule has 0 unspecified atom stereocenters. The Morgan fingerprint density at radius 2 is 1.69 bits per heavy atom. The Bertz CT molecular complexity index is 797. The molecule has 2 aromatic carbocycles. The van der Waals surface area contributed by atoms with E-state index in [4.69, 9.17) is 21.1 Å². The van der Waals surface area contributed by atoms with Crippen LogP contribution in [0.2, 0.25) is 5.02 Å². The lowest BCUT2D eigenvalue weighted by Crippen LogP contribution is -2.42. The van der Waals surface area contributed by atoms with Crippen molar-refractivity contribution in [3.8, 4) is 11.5 Å². The van der Waals surface area contributed by atoms with Crippen molar-refractivity contribution in [3.05, 3.63) is 58.6 Å². The van der Waals surface area contributed by atoms with Gasteiger partial charge in [0.25, 0.3) is 0 Å². The van der Waals surface area contributed by atoms with Crippen molar-refractivity contribution in [1.29, 1.82) is 0 Å². The second kappa shape index (κ2) is 7.20. The van der Waals surface area contributed by atoms with Crippen LogP contribution in [0.4, 0.5) is 0 Å². The highest BCUT2D eigenvalue weighted by molar-refractivity contribution is 6.30. The van der Waals surface area contributed by atoms with Gasteiger partial charge in [-0.3, -0.25) is 4.79 Å². The number of carbonyl (C=O) groups excluding carboxylic acids is 1. The Morgan fingerprint density at radius 3 is 2.42 bits per heavy atom. The first-order valence-corrected chi connectivity index (χ1v) is 9.48. The topological polar surface area (TPSA) is 47.6 Å². The van der Waals surface area contributed by atoms with Crippen LogP contribution in [0.5, 0.6) is 11.5 Å². The van der Waals surface area contributed by atoms with E-state index >= 15 is 0 Å². The van der Waals surface area contributed by atoms with Crippen molar-refractivity contribution >= 4 is 17.5 Å². The van der Waals surface area contributed by atoms with E-state index in [-0.39, 0.29) is 5.91 Å². The molecule has 1 heterocycles. The summed E-state index contributed by atoms with van der Waals surface area (Å²) in [5, 5.41) is 3.82. The van der Waals surface area contributed by atoms with Crippen molar-refractivity contribution in [2.24, 2.45) is 0 Å². The second-order valence-electron chi connectivity index (χ2n) is 6.96. The van der Waals surface area contributed by atoms with Crippen LogP contribution in [0.25, 0.3) is 0 Å². The van der Waals surface area contributed by atoms with Crippen LogP contribution in [-0.2, 0) is 16.8 Å². The summed E-state index contributed by atoms with van der Waals surface area (Å²) in [6.45, 7) is 1.62. The summed E-state index contributed by atoms with van der Waals surface area (Å²) in [6, 6.07) is 13.5. The first-order chi connectivity index (χ1) is 12.7. The molecule has 26 heavy (non-hydrogen) atoms. The number of rotatable bonds is 4. The van der Waals surface area contributed by atoms with E-state index in [1.807, 2.05) is 42.5 Å². The average molecular weight is 372 g/mol. The number of benzene rings is 2. The van der Waals surface area contributed by atoms with E-state index in [2.05, 4.69) is 5.32 Å². The van der Waals surface area contributed by atoms with Crippen LogP contribution in [0, 0.1) is 0 Å². The Morgan fingerprint density at radius 1 is 1.00 bits per heavy atom. The molecule has 2 aromatic rings. The van der Waals surface area contributed by atoms with E-state index in [9.17, 15) is 4.79 Å². The highest BCUT2D eigenvalue weighted by Crippen LogP contribution is 2.44. The maximum atomic E-state index is 13.2. The first kappa shape index (κ1) is 17.2. The Kier molecular flexibility index (Phi) is 4.77. The lowest BCUT2D eigenvalue weighted by Gasteiger charge is -2.30. The summed E-state index contributed by atoms with van der Waals surface area (Å²) < 4.78 is 11.3. The van der Waals surface area contributed by atoms with Crippen LogP contribution >= 0.6 is 11.6 Å². The van der Waals surface area contributed by atoms with Gasteiger partial charge in [-0.25, -0.2) is 0 Å². The SMILES string of the molecule is O=C(NCc1ccc(Cl)cc1)C1(c2ccc3c(c2)OCCO3)CCCC1. The Balaban J connectivity index is 1.56. The van der Waals surface area contributed by atoms with Crippen LogP contribution in [0.1, 0.15) is 36.8 Å². The summed E-state index contributed by atoms with van der Waals surface area (Å²) in [7, 11) is 0. The molecule has 5 heteroatoms. The standard InChI is InChI=1S/C21H22ClNO3/c22-17-6-3-15(4-7-17)14-23-20(24)21(9-1-2-10-21)16-5-8-18-19(13-16)26-12-11-25-18/h3-8,13H,1-2,9-12,14H2,(H,23,24). The predicted octanol–water partition coefficient (Wildman–Crippen LogP) is 4.24. The number of hydrogen-bond acceptors (Lipinski definition) is 3. The van der Waals surface area contributed by atoms with Gasteiger partial charge in [-0.05, 0) is 48.2 Å². The molecule has 0 atom stereocenters. The number of nitrogens with one attached hydrogen (secondary N) is 1. The van der Waals surface area contributed by atoms with Gasteiger partial charge in [-0.2, -0.15) is 0 Å². The molecule has 0 aromatic heterocycles. The third kappa shape index (κ3) is 3.26. The van der Waals surface area contributed by atoms with Crippen LogP contribution in [0.3, 0.4) is 0 Å². The van der Waals surface area contributed by atoms with E-state index in [1.165, 1.54) is 0 Å². The molecule has 1 aliphatic heterocycles. The number of amides is 1. The minimum atomic E-state index is -0.484. The largest absolute Gasteiger partial charge is 0.486 e. The molecule has 4 nitrogen and oxygen atoms in total. The summed E-state index contributed by atoms with van der Waals surface area (Å²) in [5.41, 5.74) is 1.58. The number of fused-ring (bicyclic) bond motifs is 1.